The van der Waals surface area contributed by atoms with Gasteiger partial charge in [-0.1, -0.05) is 29.3 Å². The lowest BCUT2D eigenvalue weighted by Crippen LogP contribution is -2.60. The summed E-state index contributed by atoms with van der Waals surface area (Å²) in [7, 11) is 1.02. The summed E-state index contributed by atoms with van der Waals surface area (Å²) < 4.78 is 55.7. The molecule has 0 saturated carbocycles. The number of amides is 2. The molecule has 3 rings (SSSR count). The summed E-state index contributed by atoms with van der Waals surface area (Å²) in [6.45, 7) is -2.56. The zero-order chi connectivity index (χ0) is 26.8. The van der Waals surface area contributed by atoms with E-state index >= 15 is 0 Å². The van der Waals surface area contributed by atoms with Crippen molar-refractivity contribution in [1.82, 2.24) is 20.0 Å². The molecule has 36 heavy (non-hydrogen) atoms. The normalized spacial score (nSPS) is 13.2. The number of nitrogens with two attached hydrogens (primary N) is 1. The summed E-state index contributed by atoms with van der Waals surface area (Å²) in [5, 5.41) is 16.1. The molecule has 0 aliphatic rings. The molecule has 0 aliphatic heterocycles. The molecule has 14 heteroatoms. The largest absolute Gasteiger partial charge is 0.420 e. The fraction of sp³-hybridized carbons (Fsp3) is 0.227. The van der Waals surface area contributed by atoms with Gasteiger partial charge in [-0.15, -0.1) is 0 Å². The van der Waals surface area contributed by atoms with Crippen LogP contribution in [0, 0.1) is 5.82 Å². The van der Waals surface area contributed by atoms with E-state index in [1.165, 1.54) is 30.3 Å². The van der Waals surface area contributed by atoms with Crippen LogP contribution >= 0.6 is 23.2 Å². The first kappa shape index (κ1) is 27.2. The molecule has 2 amide bonds. The van der Waals surface area contributed by atoms with Crippen LogP contribution in [0.2, 0.25) is 10.0 Å². The number of rotatable bonds is 7. The quantitative estimate of drug-likeness (QED) is 0.390. The van der Waals surface area contributed by atoms with Crippen molar-refractivity contribution in [3.63, 3.8) is 0 Å². The number of likely N-dealkylation sites (N-methyl/N-ethyl adjacent to an activating group) is 1. The third kappa shape index (κ3) is 5.55. The van der Waals surface area contributed by atoms with Crippen LogP contribution in [0.5, 0.6) is 0 Å². The van der Waals surface area contributed by atoms with Crippen molar-refractivity contribution in [2.24, 2.45) is 0 Å². The first-order chi connectivity index (χ1) is 16.7. The van der Waals surface area contributed by atoms with Gasteiger partial charge in [0.05, 0.1) is 40.6 Å². The van der Waals surface area contributed by atoms with Crippen LogP contribution in [-0.4, -0.2) is 63.5 Å². The number of alkyl halides is 3. The number of nitrogens with one attached hydrogen (secondary N) is 1. The molecule has 2 aromatic carbocycles. The molecule has 1 unspecified atom stereocenters. The molecular weight excluding hydrogens is 529 g/mol. The van der Waals surface area contributed by atoms with Crippen molar-refractivity contribution in [3.8, 4) is 5.69 Å². The summed E-state index contributed by atoms with van der Waals surface area (Å²) in [5.74, 6) is -2.78. The molecule has 0 aliphatic carbocycles. The second-order valence-electron chi connectivity index (χ2n) is 7.80. The zero-order valence-electron chi connectivity index (χ0n) is 18.5. The van der Waals surface area contributed by atoms with Crippen LogP contribution in [0.1, 0.15) is 20.7 Å². The highest BCUT2D eigenvalue weighted by Gasteiger charge is 2.55. The van der Waals surface area contributed by atoms with E-state index in [-0.39, 0.29) is 27.0 Å². The van der Waals surface area contributed by atoms with Crippen molar-refractivity contribution in [2.45, 2.75) is 11.8 Å². The van der Waals surface area contributed by atoms with Crippen molar-refractivity contribution in [2.75, 3.05) is 25.9 Å². The lowest BCUT2D eigenvalue weighted by Gasteiger charge is -2.34. The van der Waals surface area contributed by atoms with E-state index in [9.17, 15) is 32.3 Å². The van der Waals surface area contributed by atoms with E-state index < -0.39 is 42.5 Å². The van der Waals surface area contributed by atoms with Crippen LogP contribution in [0.4, 0.5) is 23.4 Å². The molecule has 3 aromatic rings. The smallest absolute Gasteiger partial charge is 0.383 e. The van der Waals surface area contributed by atoms with Gasteiger partial charge in [0, 0.05) is 7.05 Å². The topological polar surface area (TPSA) is 113 Å². The number of halogens is 6. The van der Waals surface area contributed by atoms with Gasteiger partial charge in [-0.2, -0.15) is 18.3 Å². The van der Waals surface area contributed by atoms with Crippen molar-refractivity contribution < 1.29 is 32.3 Å². The van der Waals surface area contributed by atoms with Crippen molar-refractivity contribution >= 4 is 40.8 Å². The molecule has 0 fully saturated rings. The molecule has 4 N–H and O–H groups in total. The number of benzene rings is 2. The number of aromatic nitrogens is 2. The summed E-state index contributed by atoms with van der Waals surface area (Å²) in [4.78, 5) is 25.9. The Balaban J connectivity index is 1.78. The van der Waals surface area contributed by atoms with Gasteiger partial charge >= 0.3 is 6.18 Å². The molecule has 0 bridgehead atoms. The van der Waals surface area contributed by atoms with Crippen LogP contribution < -0.4 is 11.1 Å². The van der Waals surface area contributed by atoms with E-state index in [0.29, 0.717) is 10.6 Å². The Morgan fingerprint density at radius 2 is 1.72 bits per heavy atom. The van der Waals surface area contributed by atoms with E-state index in [0.717, 1.165) is 30.1 Å². The van der Waals surface area contributed by atoms with Crippen LogP contribution in [-0.2, 0) is 0 Å². The predicted octanol–water partition coefficient (Wildman–Crippen LogP) is 3.70. The van der Waals surface area contributed by atoms with Gasteiger partial charge in [0.2, 0.25) is 0 Å². The maximum absolute atomic E-state index is 13.8. The van der Waals surface area contributed by atoms with Crippen LogP contribution in [0.25, 0.3) is 5.69 Å². The van der Waals surface area contributed by atoms with E-state index in [1.54, 1.807) is 0 Å². The SMILES string of the molecule is CN(CC(O)(CNC(=O)c1cnn(-c2ccc(F)cc2)c1N)C(F)(F)F)C(=O)c1c(Cl)cccc1Cl. The molecule has 1 atom stereocenters. The summed E-state index contributed by atoms with van der Waals surface area (Å²) in [5.41, 5.74) is 2.14. The average Bonchev–Trinajstić information content (AvgIpc) is 3.18. The molecule has 0 spiro atoms. The first-order valence-corrected chi connectivity index (χ1v) is 10.9. The van der Waals surface area contributed by atoms with Crippen LogP contribution in [0.3, 0.4) is 0 Å². The van der Waals surface area contributed by atoms with Crippen molar-refractivity contribution in [1.29, 1.82) is 0 Å². The van der Waals surface area contributed by atoms with Gasteiger partial charge in [-0.3, -0.25) is 9.59 Å². The predicted molar refractivity (Wildman–Crippen MR) is 125 cm³/mol. The van der Waals surface area contributed by atoms with Gasteiger partial charge in [-0.25, -0.2) is 9.07 Å². The maximum Gasteiger partial charge on any atom is 0.420 e. The lowest BCUT2D eigenvalue weighted by atomic mass is 10.0. The number of nitrogens with zero attached hydrogens (tertiary/aromatic N) is 3. The standard InChI is InChI=1S/C22H19Cl2F4N5O3/c1-32(20(35)17-15(23)3-2-4-16(17)24)11-21(36,22(26,27)28)10-30-19(34)14-9-31-33(18(14)29)13-7-5-12(25)6-8-13/h2-9,36H,10-11,29H2,1H3,(H,30,34). The minimum Gasteiger partial charge on any atom is -0.383 e. The molecule has 8 nitrogen and oxygen atoms in total. The number of carbonyl (C=O) groups excluding carboxylic acids is 2. The Morgan fingerprint density at radius 1 is 1.14 bits per heavy atom. The van der Waals surface area contributed by atoms with Gasteiger partial charge < -0.3 is 21.1 Å². The monoisotopic (exact) mass is 547 g/mol. The molecule has 1 heterocycles. The fourth-order valence-corrected chi connectivity index (χ4v) is 3.80. The highest BCUT2D eigenvalue weighted by atomic mass is 35.5. The Kier molecular flexibility index (Phi) is 7.82. The summed E-state index contributed by atoms with van der Waals surface area (Å²) >= 11 is 11.9. The zero-order valence-corrected chi connectivity index (χ0v) is 20.0. The maximum atomic E-state index is 13.8. The molecular formula is C22H19Cl2F4N5O3. The minimum atomic E-state index is -5.25. The number of anilines is 1. The second-order valence-corrected chi connectivity index (χ2v) is 8.62. The molecule has 192 valence electrons. The highest BCUT2D eigenvalue weighted by Crippen LogP contribution is 2.32. The van der Waals surface area contributed by atoms with Gasteiger partial charge in [0.1, 0.15) is 17.2 Å². The van der Waals surface area contributed by atoms with E-state index in [1.807, 2.05) is 5.32 Å². The third-order valence-corrected chi connectivity index (χ3v) is 5.84. The minimum absolute atomic E-state index is 0.0863. The lowest BCUT2D eigenvalue weighted by molar-refractivity contribution is -0.259. The Hall–Kier alpha value is -3.35. The van der Waals surface area contributed by atoms with Gasteiger partial charge in [0.25, 0.3) is 11.8 Å². The van der Waals surface area contributed by atoms with Crippen LogP contribution in [0.15, 0.2) is 48.7 Å². The third-order valence-electron chi connectivity index (χ3n) is 5.21. The first-order valence-electron chi connectivity index (χ1n) is 10.1. The summed E-state index contributed by atoms with van der Waals surface area (Å²) in [6.07, 6.45) is -4.24. The molecule has 1 aromatic heterocycles. The second kappa shape index (κ2) is 10.3. The van der Waals surface area contributed by atoms with E-state index in [2.05, 4.69) is 5.10 Å². The number of carbonyl (C=O) groups is 2. The van der Waals surface area contributed by atoms with Crippen molar-refractivity contribution in [3.05, 3.63) is 75.7 Å². The van der Waals surface area contributed by atoms with Gasteiger partial charge in [-0.05, 0) is 36.4 Å². The number of hydrogen-bond acceptors (Lipinski definition) is 5. The van der Waals surface area contributed by atoms with E-state index in [4.69, 9.17) is 28.9 Å². The molecule has 0 radical (unpaired) electrons. The Bertz CT molecular complexity index is 1260. The van der Waals surface area contributed by atoms with Gasteiger partial charge in [0.15, 0.2) is 5.60 Å². The number of aliphatic hydroxyl groups is 1. The highest BCUT2D eigenvalue weighted by molar-refractivity contribution is 6.39. The Labute approximate surface area is 212 Å². The summed E-state index contributed by atoms with van der Waals surface area (Å²) in [6, 6.07) is 9.05. The average molecular weight is 548 g/mol. The fourth-order valence-electron chi connectivity index (χ4n) is 3.25. The Morgan fingerprint density at radius 3 is 2.28 bits per heavy atom. The number of nitrogen functional groups attached to an aromatic ring is 1. The molecule has 0 saturated heterocycles. The number of hydrogen-bond donors (Lipinski definition) is 3.